The maximum absolute atomic E-state index is 12.6. The van der Waals surface area contributed by atoms with Crippen LogP contribution in [0.2, 0.25) is 5.02 Å². The van der Waals surface area contributed by atoms with Gasteiger partial charge in [0.2, 0.25) is 15.9 Å². The summed E-state index contributed by atoms with van der Waals surface area (Å²) in [6.45, 7) is 1.65. The van der Waals surface area contributed by atoms with Gasteiger partial charge in [0, 0.05) is 30.2 Å². The van der Waals surface area contributed by atoms with Gasteiger partial charge >= 0.3 is 5.97 Å². The Morgan fingerprint density at radius 1 is 1.13 bits per heavy atom. The van der Waals surface area contributed by atoms with Crippen molar-refractivity contribution in [3.8, 4) is 0 Å². The SMILES string of the molecule is COC(=O)CCN(C(C)=O)c1ccc2c(c1)CC(NS(=O)(=O)c1ccc(Cl)cc1)C2. The highest BCUT2D eigenvalue weighted by Crippen LogP contribution is 2.28. The lowest BCUT2D eigenvalue weighted by Gasteiger charge is -2.21. The standard InChI is InChI=1S/C21H23ClN2O5S/c1-14(25)24(10-9-21(26)29-2)19-6-3-15-11-18(12-16(15)13-19)23-30(27,28)20-7-4-17(22)5-8-20/h3-8,13,18,23H,9-12H2,1-2H3. The fourth-order valence-corrected chi connectivity index (χ4v) is 4.89. The van der Waals surface area contributed by atoms with E-state index in [9.17, 15) is 18.0 Å². The third-order valence-electron chi connectivity index (χ3n) is 5.03. The fourth-order valence-electron chi connectivity index (χ4n) is 3.53. The molecule has 2 aromatic carbocycles. The number of sulfonamides is 1. The van der Waals surface area contributed by atoms with E-state index < -0.39 is 10.0 Å². The van der Waals surface area contributed by atoms with Crippen molar-refractivity contribution in [3.63, 3.8) is 0 Å². The molecule has 3 rings (SSSR count). The van der Waals surface area contributed by atoms with Crippen molar-refractivity contribution in [2.45, 2.75) is 37.1 Å². The highest BCUT2D eigenvalue weighted by molar-refractivity contribution is 7.89. The Morgan fingerprint density at radius 2 is 1.80 bits per heavy atom. The van der Waals surface area contributed by atoms with Crippen LogP contribution in [0.4, 0.5) is 5.69 Å². The molecule has 0 saturated heterocycles. The van der Waals surface area contributed by atoms with Gasteiger partial charge in [-0.2, -0.15) is 0 Å². The molecule has 0 fully saturated rings. The van der Waals surface area contributed by atoms with Gasteiger partial charge in [0.05, 0.1) is 18.4 Å². The zero-order chi connectivity index (χ0) is 21.9. The van der Waals surface area contributed by atoms with Crippen molar-refractivity contribution in [1.29, 1.82) is 0 Å². The normalized spacial score (nSPS) is 15.5. The van der Waals surface area contributed by atoms with Crippen LogP contribution in [-0.2, 0) is 37.2 Å². The first-order valence-electron chi connectivity index (χ1n) is 9.44. The lowest BCUT2D eigenvalue weighted by molar-refractivity contribution is -0.140. The molecule has 1 amide bonds. The van der Waals surface area contributed by atoms with E-state index in [1.54, 1.807) is 0 Å². The summed E-state index contributed by atoms with van der Waals surface area (Å²) in [5, 5.41) is 0.469. The number of esters is 1. The van der Waals surface area contributed by atoms with Crippen LogP contribution < -0.4 is 9.62 Å². The molecule has 0 aliphatic heterocycles. The van der Waals surface area contributed by atoms with Gasteiger partial charge in [-0.25, -0.2) is 13.1 Å². The predicted octanol–water partition coefficient (Wildman–Crippen LogP) is 2.70. The third kappa shape index (κ3) is 5.19. The number of amides is 1. The Bertz CT molecular complexity index is 1050. The summed E-state index contributed by atoms with van der Waals surface area (Å²) in [5.74, 6) is -0.573. The zero-order valence-electron chi connectivity index (χ0n) is 16.7. The first-order chi connectivity index (χ1) is 14.2. The van der Waals surface area contributed by atoms with Crippen molar-refractivity contribution in [2.75, 3.05) is 18.6 Å². The predicted molar refractivity (Wildman–Crippen MR) is 114 cm³/mol. The number of nitrogens with zero attached hydrogens (tertiary/aromatic N) is 1. The molecule has 160 valence electrons. The number of anilines is 1. The quantitative estimate of drug-likeness (QED) is 0.655. The first-order valence-corrected chi connectivity index (χ1v) is 11.3. The number of halogens is 1. The Kier molecular flexibility index (Phi) is 6.80. The third-order valence-corrected chi connectivity index (χ3v) is 6.82. The molecule has 30 heavy (non-hydrogen) atoms. The zero-order valence-corrected chi connectivity index (χ0v) is 18.3. The molecule has 9 heteroatoms. The molecule has 1 unspecified atom stereocenters. The summed E-state index contributed by atoms with van der Waals surface area (Å²) < 4.78 is 32.7. The van der Waals surface area contributed by atoms with Crippen LogP contribution in [0.15, 0.2) is 47.4 Å². The number of hydrogen-bond acceptors (Lipinski definition) is 5. The van der Waals surface area contributed by atoms with Gasteiger partial charge in [-0.15, -0.1) is 0 Å². The first kappa shape index (κ1) is 22.3. The Balaban J connectivity index is 1.72. The second-order valence-corrected chi connectivity index (χ2v) is 9.28. The number of rotatable bonds is 7. The second kappa shape index (κ2) is 9.16. The molecule has 0 spiro atoms. The average molecular weight is 451 g/mol. The van der Waals surface area contributed by atoms with Gasteiger partial charge in [0.15, 0.2) is 0 Å². The minimum absolute atomic E-state index is 0.0939. The van der Waals surface area contributed by atoms with Crippen molar-refractivity contribution >= 4 is 39.2 Å². The molecular weight excluding hydrogens is 428 g/mol. The average Bonchev–Trinajstić information content (AvgIpc) is 3.08. The largest absolute Gasteiger partial charge is 0.469 e. The van der Waals surface area contributed by atoms with Gasteiger partial charge in [-0.1, -0.05) is 17.7 Å². The Labute approximate surface area is 181 Å². The number of fused-ring (bicyclic) bond motifs is 1. The van der Waals surface area contributed by atoms with Crippen LogP contribution >= 0.6 is 11.6 Å². The number of nitrogens with one attached hydrogen (secondary N) is 1. The summed E-state index contributed by atoms with van der Waals surface area (Å²) in [5.41, 5.74) is 2.67. The molecule has 2 aromatic rings. The minimum atomic E-state index is -3.66. The highest BCUT2D eigenvalue weighted by Gasteiger charge is 2.27. The van der Waals surface area contributed by atoms with Gasteiger partial charge in [-0.3, -0.25) is 9.59 Å². The number of hydrogen-bond donors (Lipinski definition) is 1. The van der Waals surface area contributed by atoms with Gasteiger partial charge < -0.3 is 9.64 Å². The topological polar surface area (TPSA) is 92.8 Å². The summed E-state index contributed by atoms with van der Waals surface area (Å²) in [6, 6.07) is 11.3. The fraction of sp³-hybridized carbons (Fsp3) is 0.333. The molecule has 0 heterocycles. The van der Waals surface area contributed by atoms with E-state index in [4.69, 9.17) is 11.6 Å². The molecule has 1 atom stereocenters. The molecule has 1 aliphatic carbocycles. The lowest BCUT2D eigenvalue weighted by atomic mass is 10.1. The molecule has 1 N–H and O–H groups in total. The smallest absolute Gasteiger partial charge is 0.307 e. The number of ether oxygens (including phenoxy) is 1. The van der Waals surface area contributed by atoms with Gasteiger partial charge in [0.1, 0.15) is 0 Å². The lowest BCUT2D eigenvalue weighted by Crippen LogP contribution is -2.35. The van der Waals surface area contributed by atoms with Crippen LogP contribution in [0, 0.1) is 0 Å². The van der Waals surface area contributed by atoms with E-state index in [0.717, 1.165) is 11.1 Å². The maximum Gasteiger partial charge on any atom is 0.307 e. The molecule has 0 aromatic heterocycles. The van der Waals surface area contributed by atoms with Gasteiger partial charge in [0.25, 0.3) is 0 Å². The number of benzene rings is 2. The summed E-state index contributed by atoms with van der Waals surface area (Å²) in [7, 11) is -2.36. The minimum Gasteiger partial charge on any atom is -0.469 e. The summed E-state index contributed by atoms with van der Waals surface area (Å²) in [4.78, 5) is 25.2. The van der Waals surface area contributed by atoms with E-state index in [1.165, 1.54) is 43.2 Å². The number of carbonyl (C=O) groups is 2. The van der Waals surface area contributed by atoms with Gasteiger partial charge in [-0.05, 0) is 60.4 Å². The molecule has 0 radical (unpaired) electrons. The second-order valence-electron chi connectivity index (χ2n) is 7.13. The van der Waals surface area contributed by atoms with Crippen LogP contribution in [0.1, 0.15) is 24.5 Å². The molecule has 7 nitrogen and oxygen atoms in total. The van der Waals surface area contributed by atoms with E-state index in [0.29, 0.717) is 23.6 Å². The van der Waals surface area contributed by atoms with Crippen LogP contribution in [-0.4, -0.2) is 40.0 Å². The Morgan fingerprint density at radius 3 is 2.43 bits per heavy atom. The van der Waals surface area contributed by atoms with E-state index in [2.05, 4.69) is 9.46 Å². The van der Waals surface area contributed by atoms with Crippen LogP contribution in [0.3, 0.4) is 0 Å². The van der Waals surface area contributed by atoms with Crippen LogP contribution in [0.5, 0.6) is 0 Å². The highest BCUT2D eigenvalue weighted by atomic mass is 35.5. The van der Waals surface area contributed by atoms with E-state index in [1.807, 2.05) is 18.2 Å². The molecule has 0 bridgehead atoms. The summed E-state index contributed by atoms with van der Waals surface area (Å²) in [6.07, 6.45) is 1.17. The monoisotopic (exact) mass is 450 g/mol. The van der Waals surface area contributed by atoms with E-state index in [-0.39, 0.29) is 35.8 Å². The number of carbonyl (C=O) groups excluding carboxylic acids is 2. The summed E-state index contributed by atoms with van der Waals surface area (Å²) >= 11 is 5.83. The van der Waals surface area contributed by atoms with Crippen molar-refractivity contribution in [1.82, 2.24) is 4.72 Å². The molecule has 1 aliphatic rings. The maximum atomic E-state index is 12.6. The van der Waals surface area contributed by atoms with Crippen molar-refractivity contribution < 1.29 is 22.7 Å². The number of methoxy groups -OCH3 is 1. The molecule has 0 saturated carbocycles. The van der Waals surface area contributed by atoms with E-state index >= 15 is 0 Å². The van der Waals surface area contributed by atoms with Crippen molar-refractivity contribution in [3.05, 3.63) is 58.6 Å². The van der Waals surface area contributed by atoms with Crippen molar-refractivity contribution in [2.24, 2.45) is 0 Å². The van der Waals surface area contributed by atoms with Crippen LogP contribution in [0.25, 0.3) is 0 Å². The Hall–Kier alpha value is -2.42. The molecular formula is C21H23ClN2O5S.